The second-order valence-electron chi connectivity index (χ2n) is 5.47. The number of nitrogens with one attached hydrogen (secondary N) is 1. The average molecular weight is 343 g/mol. The number of aromatic nitrogens is 2. The predicted octanol–water partition coefficient (Wildman–Crippen LogP) is 3.76. The normalized spacial score (nSPS) is 10.0. The lowest BCUT2D eigenvalue weighted by Crippen LogP contribution is -2.21. The zero-order valence-corrected chi connectivity index (χ0v) is 14.3. The van der Waals surface area contributed by atoms with Gasteiger partial charge in [0.1, 0.15) is 5.69 Å². The van der Waals surface area contributed by atoms with E-state index < -0.39 is 0 Å². The van der Waals surface area contributed by atoms with Gasteiger partial charge in [-0.1, -0.05) is 24.3 Å². The lowest BCUT2D eigenvalue weighted by Gasteiger charge is -2.21. The van der Waals surface area contributed by atoms with Crippen LogP contribution in [0.25, 0.3) is 0 Å². The lowest BCUT2D eigenvalue weighted by molar-refractivity contribution is 0.102. The minimum atomic E-state index is -0.354. The van der Waals surface area contributed by atoms with Crippen LogP contribution in [0.3, 0.4) is 0 Å². The molecular weight excluding hydrogens is 326 g/mol. The van der Waals surface area contributed by atoms with E-state index in [1.165, 1.54) is 0 Å². The summed E-state index contributed by atoms with van der Waals surface area (Å²) in [6.07, 6.45) is 1.56. The third-order valence-corrected chi connectivity index (χ3v) is 3.75. The minimum Gasteiger partial charge on any atom is -0.321 e. The van der Waals surface area contributed by atoms with Crippen LogP contribution in [0, 0.1) is 11.3 Å². The fourth-order valence-corrected chi connectivity index (χ4v) is 2.51. The van der Waals surface area contributed by atoms with Crippen molar-refractivity contribution in [3.8, 4) is 6.07 Å². The molecule has 0 aliphatic heterocycles. The van der Waals surface area contributed by atoms with Gasteiger partial charge >= 0.3 is 0 Å². The molecule has 1 aromatic heterocycles. The molecule has 1 N–H and O–H groups in total. The molecule has 0 saturated heterocycles. The summed E-state index contributed by atoms with van der Waals surface area (Å²) in [5.41, 5.74) is 2.23. The monoisotopic (exact) mass is 343 g/mol. The molecule has 0 radical (unpaired) electrons. The van der Waals surface area contributed by atoms with Gasteiger partial charge in [-0.05, 0) is 43.3 Å². The first-order valence-electron chi connectivity index (χ1n) is 8.18. The first kappa shape index (κ1) is 17.1. The highest BCUT2D eigenvalue weighted by molar-refractivity contribution is 6.03. The van der Waals surface area contributed by atoms with Gasteiger partial charge in [-0.3, -0.25) is 4.79 Å². The number of benzene rings is 2. The molecule has 3 aromatic rings. The number of rotatable bonds is 5. The Hall–Kier alpha value is -3.72. The summed E-state index contributed by atoms with van der Waals surface area (Å²) in [5.74, 6) is 0.102. The number of nitriles is 1. The highest BCUT2D eigenvalue weighted by Crippen LogP contribution is 2.21. The molecule has 0 atom stereocenters. The van der Waals surface area contributed by atoms with Crippen molar-refractivity contribution < 1.29 is 4.79 Å². The van der Waals surface area contributed by atoms with Gasteiger partial charge in [0, 0.05) is 24.1 Å². The Morgan fingerprint density at radius 2 is 1.96 bits per heavy atom. The quantitative estimate of drug-likeness (QED) is 0.763. The summed E-state index contributed by atoms with van der Waals surface area (Å²) < 4.78 is 0. The fourth-order valence-electron chi connectivity index (χ4n) is 2.51. The van der Waals surface area contributed by atoms with E-state index in [-0.39, 0.29) is 11.6 Å². The van der Waals surface area contributed by atoms with Gasteiger partial charge in [-0.15, -0.1) is 0 Å². The maximum absolute atomic E-state index is 12.5. The van der Waals surface area contributed by atoms with Crippen LogP contribution in [-0.4, -0.2) is 22.4 Å². The molecule has 0 fully saturated rings. The number of carbonyl (C=O) groups is 1. The molecule has 2 aromatic carbocycles. The Kier molecular flexibility index (Phi) is 5.20. The van der Waals surface area contributed by atoms with Crippen molar-refractivity contribution in [2.45, 2.75) is 6.92 Å². The van der Waals surface area contributed by atoms with Crippen LogP contribution in [0.5, 0.6) is 0 Å². The topological polar surface area (TPSA) is 81.9 Å². The molecule has 0 saturated carbocycles. The number of carbonyl (C=O) groups excluding carboxylic acids is 1. The molecule has 3 rings (SSSR count). The van der Waals surface area contributed by atoms with Crippen molar-refractivity contribution >= 4 is 23.2 Å². The second kappa shape index (κ2) is 7.90. The van der Waals surface area contributed by atoms with Crippen molar-refractivity contribution in [3.63, 3.8) is 0 Å². The van der Waals surface area contributed by atoms with E-state index in [0.29, 0.717) is 23.7 Å². The molecule has 0 aliphatic rings. The fraction of sp³-hybridized carbons (Fsp3) is 0.100. The van der Waals surface area contributed by atoms with Gasteiger partial charge in [0.15, 0.2) is 0 Å². The molecule has 1 amide bonds. The number of para-hydroxylation sites is 1. The smallest absolute Gasteiger partial charge is 0.274 e. The predicted molar refractivity (Wildman–Crippen MR) is 100 cm³/mol. The van der Waals surface area contributed by atoms with Crippen LogP contribution in [0.4, 0.5) is 17.3 Å². The first-order valence-corrected chi connectivity index (χ1v) is 8.18. The summed E-state index contributed by atoms with van der Waals surface area (Å²) in [5, 5.41) is 11.7. The van der Waals surface area contributed by atoms with E-state index in [9.17, 15) is 4.79 Å². The van der Waals surface area contributed by atoms with Gasteiger partial charge in [-0.25, -0.2) is 9.97 Å². The van der Waals surface area contributed by atoms with Gasteiger partial charge in [0.25, 0.3) is 5.91 Å². The second-order valence-corrected chi connectivity index (χ2v) is 5.47. The Morgan fingerprint density at radius 1 is 1.15 bits per heavy atom. The number of hydrogen-bond acceptors (Lipinski definition) is 5. The third-order valence-electron chi connectivity index (χ3n) is 3.75. The Labute approximate surface area is 151 Å². The average Bonchev–Trinajstić information content (AvgIpc) is 2.70. The van der Waals surface area contributed by atoms with Crippen molar-refractivity contribution in [1.29, 1.82) is 5.26 Å². The van der Waals surface area contributed by atoms with E-state index >= 15 is 0 Å². The van der Waals surface area contributed by atoms with Crippen LogP contribution in [-0.2, 0) is 0 Å². The van der Waals surface area contributed by atoms with Crippen LogP contribution >= 0.6 is 0 Å². The summed E-state index contributed by atoms with van der Waals surface area (Å²) in [6.45, 7) is 2.66. The van der Waals surface area contributed by atoms with Crippen LogP contribution in [0.2, 0.25) is 0 Å². The molecule has 6 heteroatoms. The SMILES string of the molecule is CCN(c1ccccc1)c1nccc(C(=O)Nc2cccc(C#N)c2)n1. The van der Waals surface area contributed by atoms with Gasteiger partial charge in [0.05, 0.1) is 11.6 Å². The molecule has 0 aliphatic carbocycles. The van der Waals surface area contributed by atoms with Crippen molar-refractivity contribution in [2.75, 3.05) is 16.8 Å². The Balaban J connectivity index is 1.84. The maximum Gasteiger partial charge on any atom is 0.274 e. The molecule has 0 spiro atoms. The zero-order valence-electron chi connectivity index (χ0n) is 14.3. The number of amides is 1. The van der Waals surface area contributed by atoms with Crippen LogP contribution in [0.15, 0.2) is 66.9 Å². The molecule has 6 nitrogen and oxygen atoms in total. The largest absolute Gasteiger partial charge is 0.321 e. The van der Waals surface area contributed by atoms with Crippen molar-refractivity contribution in [1.82, 2.24) is 9.97 Å². The van der Waals surface area contributed by atoms with Gasteiger partial charge in [-0.2, -0.15) is 5.26 Å². The Bertz CT molecular complexity index is 950. The maximum atomic E-state index is 12.5. The summed E-state index contributed by atoms with van der Waals surface area (Å²) in [6, 6.07) is 20.1. The standard InChI is InChI=1S/C20H17N5O/c1-2-25(17-9-4-3-5-10-17)20-22-12-11-18(24-20)19(26)23-16-8-6-7-15(13-16)14-21/h3-13H,2H2,1H3,(H,23,26). The van der Waals surface area contributed by atoms with Gasteiger partial charge < -0.3 is 10.2 Å². The molecule has 0 unspecified atom stereocenters. The van der Waals surface area contributed by atoms with Crippen molar-refractivity contribution in [3.05, 3.63) is 78.1 Å². The molecule has 0 bridgehead atoms. The molecule has 1 heterocycles. The van der Waals surface area contributed by atoms with E-state index in [1.807, 2.05) is 48.2 Å². The highest BCUT2D eigenvalue weighted by Gasteiger charge is 2.14. The highest BCUT2D eigenvalue weighted by atomic mass is 16.1. The summed E-state index contributed by atoms with van der Waals surface area (Å²) in [4.78, 5) is 23.1. The van der Waals surface area contributed by atoms with Crippen molar-refractivity contribution in [2.24, 2.45) is 0 Å². The first-order chi connectivity index (χ1) is 12.7. The Morgan fingerprint density at radius 3 is 2.69 bits per heavy atom. The number of hydrogen-bond donors (Lipinski definition) is 1. The minimum absolute atomic E-state index is 0.256. The van der Waals surface area contributed by atoms with E-state index in [0.717, 1.165) is 5.69 Å². The lowest BCUT2D eigenvalue weighted by atomic mass is 10.2. The summed E-state index contributed by atoms with van der Waals surface area (Å²) >= 11 is 0. The van der Waals surface area contributed by atoms with Crippen LogP contribution in [0.1, 0.15) is 23.0 Å². The van der Waals surface area contributed by atoms with Crippen LogP contribution < -0.4 is 10.2 Å². The molecule has 128 valence electrons. The third kappa shape index (κ3) is 3.84. The van der Waals surface area contributed by atoms with E-state index in [4.69, 9.17) is 5.26 Å². The molecule has 26 heavy (non-hydrogen) atoms. The number of anilines is 3. The molecular formula is C20H17N5O. The van der Waals surface area contributed by atoms with E-state index in [1.54, 1.807) is 36.5 Å². The zero-order chi connectivity index (χ0) is 18.4. The summed E-state index contributed by atoms with van der Waals surface area (Å²) in [7, 11) is 0. The van der Waals surface area contributed by atoms with Gasteiger partial charge in [0.2, 0.25) is 5.95 Å². The van der Waals surface area contributed by atoms with E-state index in [2.05, 4.69) is 15.3 Å². The number of nitrogens with zero attached hydrogens (tertiary/aromatic N) is 4.